The van der Waals surface area contributed by atoms with Crippen LogP contribution in [-0.4, -0.2) is 66.7 Å². The van der Waals surface area contributed by atoms with Crippen molar-refractivity contribution < 1.29 is 4.79 Å². The highest BCUT2D eigenvalue weighted by molar-refractivity contribution is 5.86. The van der Waals surface area contributed by atoms with E-state index in [0.29, 0.717) is 13.1 Å². The molecule has 0 spiro atoms. The second-order valence-electron chi connectivity index (χ2n) is 7.42. The summed E-state index contributed by atoms with van der Waals surface area (Å²) >= 11 is 0. The van der Waals surface area contributed by atoms with Crippen LogP contribution in [0.15, 0.2) is 54.7 Å². The zero-order valence-corrected chi connectivity index (χ0v) is 17.3. The molecule has 0 unspecified atom stereocenters. The number of rotatable bonds is 6. The summed E-state index contributed by atoms with van der Waals surface area (Å²) in [6.45, 7) is 7.67. The van der Waals surface area contributed by atoms with E-state index >= 15 is 0 Å². The molecule has 4 rings (SSSR count). The molecule has 1 aromatic heterocycles. The van der Waals surface area contributed by atoms with Gasteiger partial charge in [-0.3, -0.25) is 4.90 Å². The Morgan fingerprint density at radius 3 is 2.60 bits per heavy atom. The predicted octanol–water partition coefficient (Wildman–Crippen LogP) is 2.74. The molecule has 2 amide bonds. The molecule has 1 aliphatic heterocycles. The van der Waals surface area contributed by atoms with Crippen molar-refractivity contribution in [2.24, 2.45) is 0 Å². The summed E-state index contributed by atoms with van der Waals surface area (Å²) in [4.78, 5) is 25.4. The lowest BCUT2D eigenvalue weighted by atomic mass is 10.1. The van der Waals surface area contributed by atoms with Gasteiger partial charge in [0.25, 0.3) is 0 Å². The molecule has 2 heterocycles. The minimum atomic E-state index is -0.102. The van der Waals surface area contributed by atoms with Crippen LogP contribution >= 0.6 is 0 Å². The third kappa shape index (κ3) is 4.86. The Kier molecular flexibility index (Phi) is 6.39. The van der Waals surface area contributed by atoms with E-state index in [2.05, 4.69) is 67.9 Å². The van der Waals surface area contributed by atoms with E-state index in [0.717, 1.165) is 49.9 Å². The van der Waals surface area contributed by atoms with Crippen LogP contribution in [-0.2, 0) is 0 Å². The van der Waals surface area contributed by atoms with E-state index in [1.54, 1.807) is 0 Å². The molecule has 7 nitrogen and oxygen atoms in total. The number of hydrogen-bond donors (Lipinski definition) is 2. The van der Waals surface area contributed by atoms with Crippen LogP contribution in [0.2, 0.25) is 0 Å². The lowest BCUT2D eigenvalue weighted by molar-refractivity contribution is 0.232. The van der Waals surface area contributed by atoms with Crippen LogP contribution in [0.1, 0.15) is 6.92 Å². The van der Waals surface area contributed by atoms with Gasteiger partial charge in [-0.05, 0) is 29.8 Å². The van der Waals surface area contributed by atoms with Crippen molar-refractivity contribution in [3.63, 3.8) is 0 Å². The molecule has 0 saturated carbocycles. The maximum atomic E-state index is 11.5. The lowest BCUT2D eigenvalue weighted by Gasteiger charge is -2.34. The molecule has 1 fully saturated rings. The molecule has 0 atom stereocenters. The van der Waals surface area contributed by atoms with Gasteiger partial charge in [0.2, 0.25) is 5.95 Å². The van der Waals surface area contributed by atoms with E-state index in [9.17, 15) is 4.79 Å². The van der Waals surface area contributed by atoms with E-state index in [4.69, 9.17) is 4.98 Å². The Bertz CT molecular complexity index is 1000. The topological polar surface area (TPSA) is 73.4 Å². The number of hydrogen-bond acceptors (Lipinski definition) is 5. The maximum Gasteiger partial charge on any atom is 0.314 e. The fourth-order valence-corrected chi connectivity index (χ4v) is 3.73. The first-order valence-electron chi connectivity index (χ1n) is 10.5. The normalized spacial score (nSPS) is 14.6. The molecular formula is C23H28N6O. The predicted molar refractivity (Wildman–Crippen MR) is 121 cm³/mol. The van der Waals surface area contributed by atoms with Gasteiger partial charge in [0.1, 0.15) is 0 Å². The van der Waals surface area contributed by atoms with Crippen molar-refractivity contribution in [1.29, 1.82) is 0 Å². The van der Waals surface area contributed by atoms with Crippen LogP contribution in [0.25, 0.3) is 22.0 Å². The smallest absolute Gasteiger partial charge is 0.314 e. The van der Waals surface area contributed by atoms with Gasteiger partial charge < -0.3 is 15.5 Å². The second kappa shape index (κ2) is 9.54. The van der Waals surface area contributed by atoms with Crippen molar-refractivity contribution >= 4 is 22.8 Å². The number of amides is 2. The van der Waals surface area contributed by atoms with Crippen LogP contribution in [0.4, 0.5) is 10.7 Å². The molecule has 3 aromatic rings. The molecule has 156 valence electrons. The number of aromatic nitrogens is 2. The summed E-state index contributed by atoms with van der Waals surface area (Å²) in [7, 11) is 0. The van der Waals surface area contributed by atoms with Gasteiger partial charge >= 0.3 is 6.03 Å². The molecule has 0 bridgehead atoms. The fraction of sp³-hybridized carbons (Fsp3) is 0.348. The van der Waals surface area contributed by atoms with E-state index < -0.39 is 0 Å². The highest BCUT2D eigenvalue weighted by Crippen LogP contribution is 2.24. The van der Waals surface area contributed by atoms with Gasteiger partial charge in [-0.1, -0.05) is 36.4 Å². The summed E-state index contributed by atoms with van der Waals surface area (Å²) in [5.74, 6) is 0.778. The third-order valence-corrected chi connectivity index (χ3v) is 5.39. The van der Waals surface area contributed by atoms with Crippen molar-refractivity contribution in [1.82, 2.24) is 25.5 Å². The van der Waals surface area contributed by atoms with Gasteiger partial charge in [-0.15, -0.1) is 0 Å². The number of carbonyl (C=O) groups is 1. The number of nitrogens with one attached hydrogen (secondary N) is 2. The van der Waals surface area contributed by atoms with Crippen molar-refractivity contribution in [3.8, 4) is 11.3 Å². The summed E-state index contributed by atoms with van der Waals surface area (Å²) in [5.41, 5.74) is 2.05. The fourth-order valence-electron chi connectivity index (χ4n) is 3.73. The van der Waals surface area contributed by atoms with E-state index in [1.165, 1.54) is 10.8 Å². The summed E-state index contributed by atoms with van der Waals surface area (Å²) < 4.78 is 0. The van der Waals surface area contributed by atoms with E-state index in [1.807, 2.05) is 19.2 Å². The molecule has 30 heavy (non-hydrogen) atoms. The Balaban J connectivity index is 1.36. The quantitative estimate of drug-likeness (QED) is 0.661. The maximum absolute atomic E-state index is 11.5. The molecule has 2 N–H and O–H groups in total. The SMILES string of the molecule is CCNC(=O)NCCN1CCN(c2nccc(-c3ccc4ccccc4c3)n2)CC1. The Morgan fingerprint density at radius 2 is 1.80 bits per heavy atom. The van der Waals surface area contributed by atoms with Gasteiger partial charge in [-0.2, -0.15) is 0 Å². The van der Waals surface area contributed by atoms with Crippen LogP contribution in [0.5, 0.6) is 0 Å². The first-order chi connectivity index (χ1) is 14.7. The van der Waals surface area contributed by atoms with Crippen molar-refractivity contribution in [2.75, 3.05) is 50.7 Å². The van der Waals surface area contributed by atoms with Crippen LogP contribution < -0.4 is 15.5 Å². The molecular weight excluding hydrogens is 376 g/mol. The van der Waals surface area contributed by atoms with Gasteiger partial charge in [0, 0.05) is 57.6 Å². The highest BCUT2D eigenvalue weighted by atomic mass is 16.2. The van der Waals surface area contributed by atoms with Gasteiger partial charge in [0.15, 0.2) is 0 Å². The second-order valence-corrected chi connectivity index (χ2v) is 7.42. The summed E-state index contributed by atoms with van der Waals surface area (Å²) in [6.07, 6.45) is 1.84. The zero-order valence-electron chi connectivity index (χ0n) is 17.3. The third-order valence-electron chi connectivity index (χ3n) is 5.39. The van der Waals surface area contributed by atoms with Crippen molar-refractivity contribution in [3.05, 3.63) is 54.7 Å². The molecule has 1 saturated heterocycles. The average Bonchev–Trinajstić information content (AvgIpc) is 2.79. The number of carbonyl (C=O) groups excluding carboxylic acids is 1. The molecule has 0 aliphatic carbocycles. The number of benzene rings is 2. The van der Waals surface area contributed by atoms with Gasteiger partial charge in [-0.25, -0.2) is 14.8 Å². The molecule has 0 radical (unpaired) electrons. The Morgan fingerprint density at radius 1 is 1.00 bits per heavy atom. The minimum Gasteiger partial charge on any atom is -0.338 e. The summed E-state index contributed by atoms with van der Waals surface area (Å²) in [5, 5.41) is 8.07. The number of nitrogens with zero attached hydrogens (tertiary/aromatic N) is 4. The minimum absolute atomic E-state index is 0.102. The standard InChI is InChI=1S/C23H28N6O/c1-2-24-23(30)26-11-12-28-13-15-29(16-14-28)22-25-10-9-21(27-22)20-8-7-18-5-3-4-6-19(18)17-20/h3-10,17H,2,11-16H2,1H3,(H2,24,26,30). The molecule has 2 aromatic carbocycles. The number of piperazine rings is 1. The zero-order chi connectivity index (χ0) is 20.8. The number of anilines is 1. The monoisotopic (exact) mass is 404 g/mol. The Hall–Kier alpha value is -3.19. The largest absolute Gasteiger partial charge is 0.338 e. The number of fused-ring (bicyclic) bond motifs is 1. The Labute approximate surface area is 177 Å². The first kappa shape index (κ1) is 20.1. The van der Waals surface area contributed by atoms with Crippen molar-refractivity contribution in [2.45, 2.75) is 6.92 Å². The highest BCUT2D eigenvalue weighted by Gasteiger charge is 2.19. The first-order valence-corrected chi connectivity index (χ1v) is 10.5. The lowest BCUT2D eigenvalue weighted by Crippen LogP contribution is -2.49. The molecule has 1 aliphatic rings. The molecule has 7 heteroatoms. The van der Waals surface area contributed by atoms with Crippen LogP contribution in [0, 0.1) is 0 Å². The average molecular weight is 405 g/mol. The van der Waals surface area contributed by atoms with E-state index in [-0.39, 0.29) is 6.03 Å². The summed E-state index contributed by atoms with van der Waals surface area (Å²) in [6, 6.07) is 16.7. The number of urea groups is 1. The van der Waals surface area contributed by atoms with Gasteiger partial charge in [0.05, 0.1) is 5.69 Å². The van der Waals surface area contributed by atoms with Crippen LogP contribution in [0.3, 0.4) is 0 Å².